The molecule has 0 spiro atoms. The predicted octanol–water partition coefficient (Wildman–Crippen LogP) is 1.14. The number of hydrogen-bond acceptors (Lipinski definition) is 4. The van der Waals surface area contributed by atoms with Gasteiger partial charge in [-0.3, -0.25) is 9.59 Å². The zero-order valence-electron chi connectivity index (χ0n) is 12.9. The number of hydrogen-bond donors (Lipinski definition) is 3. The molecule has 0 saturated heterocycles. The predicted molar refractivity (Wildman–Crippen MR) is 83.2 cm³/mol. The van der Waals surface area contributed by atoms with Crippen LogP contribution in [0.15, 0.2) is 24.3 Å². The number of amides is 1. The number of benzene rings is 1. The number of sulfonamides is 1. The minimum Gasteiger partial charge on any atom is -0.481 e. The Morgan fingerprint density at radius 1 is 1.27 bits per heavy atom. The van der Waals surface area contributed by atoms with Gasteiger partial charge in [-0.2, -0.15) is 0 Å². The van der Waals surface area contributed by atoms with E-state index in [1.807, 2.05) is 0 Å². The second-order valence-electron chi connectivity index (χ2n) is 5.64. The number of nitrogens with one attached hydrogen (secondary N) is 2. The second-order valence-corrected chi connectivity index (χ2v) is 7.39. The van der Waals surface area contributed by atoms with Crippen LogP contribution in [0.5, 0.6) is 0 Å². The fourth-order valence-corrected chi connectivity index (χ4v) is 2.85. The third kappa shape index (κ3) is 5.12. The molecule has 0 bridgehead atoms. The molecule has 7 nitrogen and oxygen atoms in total. The first-order valence-corrected chi connectivity index (χ1v) is 8.45. The van der Waals surface area contributed by atoms with Gasteiger partial charge in [0.25, 0.3) is 0 Å². The van der Waals surface area contributed by atoms with Gasteiger partial charge in [-0.05, 0) is 38.5 Å². The molecule has 0 saturated carbocycles. The van der Waals surface area contributed by atoms with Gasteiger partial charge in [-0.15, -0.1) is 0 Å². The third-order valence-electron chi connectivity index (χ3n) is 3.02. The number of carbonyl (C=O) groups is 2. The van der Waals surface area contributed by atoms with Gasteiger partial charge in [0, 0.05) is 5.69 Å². The third-order valence-corrected chi connectivity index (χ3v) is 3.90. The van der Waals surface area contributed by atoms with Crippen molar-refractivity contribution in [1.82, 2.24) is 4.72 Å². The zero-order valence-corrected chi connectivity index (χ0v) is 13.7. The smallest absolute Gasteiger partial charge is 0.310 e. The van der Waals surface area contributed by atoms with Crippen LogP contribution < -0.4 is 10.0 Å². The Morgan fingerprint density at radius 3 is 2.36 bits per heavy atom. The summed E-state index contributed by atoms with van der Waals surface area (Å²) in [6, 6.07) is 6.43. The molecular formula is C14H20N2O5S. The van der Waals surface area contributed by atoms with Crippen LogP contribution in [-0.2, 0) is 19.6 Å². The van der Waals surface area contributed by atoms with Gasteiger partial charge in [-0.25, -0.2) is 13.1 Å². The quantitative estimate of drug-likeness (QED) is 0.725. The van der Waals surface area contributed by atoms with Gasteiger partial charge in [0.05, 0.1) is 12.2 Å². The lowest BCUT2D eigenvalue weighted by molar-refractivity contribution is -0.138. The minimum absolute atomic E-state index is 0.402. The molecule has 3 N–H and O–H groups in total. The van der Waals surface area contributed by atoms with Crippen molar-refractivity contribution in [3.8, 4) is 0 Å². The van der Waals surface area contributed by atoms with Gasteiger partial charge in [0.15, 0.2) is 0 Å². The number of anilines is 1. The lowest BCUT2D eigenvalue weighted by atomic mass is 10.0. The number of rotatable bonds is 6. The average Bonchev–Trinajstić information content (AvgIpc) is 2.35. The van der Waals surface area contributed by atoms with E-state index in [1.165, 1.54) is 13.8 Å². The summed E-state index contributed by atoms with van der Waals surface area (Å²) in [6.45, 7) is 4.42. The van der Waals surface area contributed by atoms with E-state index >= 15 is 0 Å². The number of aliphatic carboxylic acids is 1. The summed E-state index contributed by atoms with van der Waals surface area (Å²) < 4.78 is 24.8. The first-order chi connectivity index (χ1) is 9.92. The first kappa shape index (κ1) is 18.1. The Morgan fingerprint density at radius 2 is 1.86 bits per heavy atom. The summed E-state index contributed by atoms with van der Waals surface area (Å²) in [4.78, 5) is 23.2. The summed E-state index contributed by atoms with van der Waals surface area (Å²) in [5.74, 6) is -2.22. The van der Waals surface area contributed by atoms with Gasteiger partial charge < -0.3 is 10.4 Å². The molecule has 8 heteroatoms. The zero-order chi connectivity index (χ0) is 17.1. The van der Waals surface area contributed by atoms with E-state index in [2.05, 4.69) is 10.0 Å². The number of carboxylic acids is 1. The summed E-state index contributed by atoms with van der Waals surface area (Å²) in [5.41, 5.74) is -0.389. The van der Waals surface area contributed by atoms with Crippen LogP contribution in [0, 0.1) is 0 Å². The van der Waals surface area contributed by atoms with Crippen molar-refractivity contribution in [3.63, 3.8) is 0 Å². The monoisotopic (exact) mass is 328 g/mol. The Labute approximate surface area is 129 Å². The Hall–Kier alpha value is -1.93. The van der Waals surface area contributed by atoms with Crippen LogP contribution in [0.25, 0.3) is 0 Å². The van der Waals surface area contributed by atoms with Gasteiger partial charge in [0.2, 0.25) is 15.9 Å². The average molecular weight is 328 g/mol. The summed E-state index contributed by atoms with van der Waals surface area (Å²) in [6.07, 6.45) is 0.969. The van der Waals surface area contributed by atoms with Gasteiger partial charge in [0.1, 0.15) is 5.54 Å². The molecule has 0 aliphatic carbocycles. The molecule has 0 radical (unpaired) electrons. The molecule has 0 aromatic heterocycles. The molecule has 0 heterocycles. The highest BCUT2D eigenvalue weighted by Gasteiger charge is 2.30. The summed E-state index contributed by atoms with van der Waals surface area (Å²) in [7, 11) is -3.54. The molecule has 0 aliphatic rings. The molecule has 0 aliphatic heterocycles. The van der Waals surface area contributed by atoms with Crippen molar-refractivity contribution >= 4 is 27.6 Å². The second kappa shape index (κ2) is 6.45. The standard InChI is InChI=1S/C14H20N2O5S/c1-9(12(17)18)10-6-5-7-11(8-10)15-13(19)14(2,3)16-22(4,20)21/h5-9,16H,1-4H3,(H,15,19)(H,17,18). The van der Waals surface area contributed by atoms with Crippen molar-refractivity contribution in [2.75, 3.05) is 11.6 Å². The van der Waals surface area contributed by atoms with Crippen LogP contribution in [0.2, 0.25) is 0 Å². The van der Waals surface area contributed by atoms with E-state index in [1.54, 1.807) is 31.2 Å². The fourth-order valence-electron chi connectivity index (χ4n) is 1.83. The van der Waals surface area contributed by atoms with Crippen molar-refractivity contribution in [2.24, 2.45) is 0 Å². The summed E-state index contributed by atoms with van der Waals surface area (Å²) >= 11 is 0. The molecule has 122 valence electrons. The Kier molecular flexibility index (Phi) is 5.31. The van der Waals surface area contributed by atoms with Crippen LogP contribution in [0.4, 0.5) is 5.69 Å². The molecule has 1 aromatic carbocycles. The summed E-state index contributed by atoms with van der Waals surface area (Å²) in [5, 5.41) is 11.6. The normalized spacial score (nSPS) is 13.5. The highest BCUT2D eigenvalue weighted by molar-refractivity contribution is 7.88. The topological polar surface area (TPSA) is 113 Å². The Bertz CT molecular complexity index is 682. The maximum Gasteiger partial charge on any atom is 0.310 e. The van der Waals surface area contributed by atoms with E-state index in [9.17, 15) is 18.0 Å². The molecule has 1 atom stereocenters. The van der Waals surface area contributed by atoms with E-state index < -0.39 is 33.4 Å². The maximum atomic E-state index is 12.2. The van der Waals surface area contributed by atoms with Crippen LogP contribution in [-0.4, -0.2) is 37.2 Å². The molecule has 1 amide bonds. The molecule has 1 unspecified atom stereocenters. The molecule has 1 rings (SSSR count). The SMILES string of the molecule is CC(C(=O)O)c1cccc(NC(=O)C(C)(C)NS(C)(=O)=O)c1. The van der Waals surface area contributed by atoms with Crippen molar-refractivity contribution in [1.29, 1.82) is 0 Å². The van der Waals surface area contributed by atoms with Crippen molar-refractivity contribution < 1.29 is 23.1 Å². The number of carboxylic acid groups (broad SMARTS) is 1. The highest BCUT2D eigenvalue weighted by Crippen LogP contribution is 2.20. The largest absolute Gasteiger partial charge is 0.481 e. The van der Waals surface area contributed by atoms with Crippen molar-refractivity contribution in [2.45, 2.75) is 32.2 Å². The van der Waals surface area contributed by atoms with E-state index in [-0.39, 0.29) is 0 Å². The Balaban J connectivity index is 2.93. The highest BCUT2D eigenvalue weighted by atomic mass is 32.2. The fraction of sp³-hybridized carbons (Fsp3) is 0.429. The van der Waals surface area contributed by atoms with Crippen LogP contribution in [0.1, 0.15) is 32.3 Å². The number of carbonyl (C=O) groups excluding carboxylic acids is 1. The van der Waals surface area contributed by atoms with E-state index in [4.69, 9.17) is 5.11 Å². The first-order valence-electron chi connectivity index (χ1n) is 6.55. The molecule has 0 fully saturated rings. The molecular weight excluding hydrogens is 308 g/mol. The lowest BCUT2D eigenvalue weighted by Gasteiger charge is -2.24. The van der Waals surface area contributed by atoms with E-state index in [0.29, 0.717) is 11.3 Å². The minimum atomic E-state index is -3.54. The lowest BCUT2D eigenvalue weighted by Crippen LogP contribution is -2.51. The van der Waals surface area contributed by atoms with Crippen LogP contribution >= 0.6 is 0 Å². The molecule has 1 aromatic rings. The maximum absolute atomic E-state index is 12.2. The molecule has 22 heavy (non-hydrogen) atoms. The van der Waals surface area contributed by atoms with Gasteiger partial charge >= 0.3 is 5.97 Å². The van der Waals surface area contributed by atoms with Crippen molar-refractivity contribution in [3.05, 3.63) is 29.8 Å². The van der Waals surface area contributed by atoms with Crippen LogP contribution in [0.3, 0.4) is 0 Å². The van der Waals surface area contributed by atoms with Gasteiger partial charge in [-0.1, -0.05) is 12.1 Å². The van der Waals surface area contributed by atoms with E-state index in [0.717, 1.165) is 6.26 Å².